The molecule has 1 saturated heterocycles. The van der Waals surface area contributed by atoms with Gasteiger partial charge in [0, 0.05) is 18.8 Å². The molecule has 0 saturated carbocycles. The molecule has 1 fully saturated rings. The number of aromatic nitrogens is 1. The summed E-state index contributed by atoms with van der Waals surface area (Å²) in [6.45, 7) is 0. The van der Waals surface area contributed by atoms with Gasteiger partial charge in [0.1, 0.15) is 6.04 Å². The molecule has 2 heterocycles. The van der Waals surface area contributed by atoms with Crippen LogP contribution in [0.2, 0.25) is 0 Å². The van der Waals surface area contributed by atoms with E-state index in [1.54, 1.807) is 12.4 Å². The molecule has 2 atom stereocenters. The number of carbonyl (C=O) groups is 2. The molecule has 1 aliphatic heterocycles. The third-order valence-corrected chi connectivity index (χ3v) is 3.99. The molecule has 0 radical (unpaired) electrons. The average molecular weight is 309 g/mol. The smallest absolute Gasteiger partial charge is 0.243 e. The molecule has 0 spiro atoms. The van der Waals surface area contributed by atoms with Gasteiger partial charge in [-0.3, -0.25) is 14.6 Å². The van der Waals surface area contributed by atoms with E-state index < -0.39 is 6.04 Å². The second-order valence-electron chi connectivity index (χ2n) is 5.65. The molecule has 5 heteroatoms. The molecule has 1 aliphatic rings. The summed E-state index contributed by atoms with van der Waals surface area (Å²) in [6.07, 6.45) is 5.36. The van der Waals surface area contributed by atoms with Gasteiger partial charge in [0.2, 0.25) is 11.8 Å². The zero-order valence-electron chi connectivity index (χ0n) is 12.7. The summed E-state index contributed by atoms with van der Waals surface area (Å²) in [4.78, 5) is 28.2. The SMILES string of the molecule is O=C1CCC[C@H](C(=O)NC(c2ccccc2)c2cccnc2)N1. The molecule has 1 aromatic carbocycles. The van der Waals surface area contributed by atoms with Crippen LogP contribution in [-0.2, 0) is 9.59 Å². The summed E-state index contributed by atoms with van der Waals surface area (Å²) in [5, 5.41) is 5.80. The Morgan fingerprint density at radius 3 is 2.65 bits per heavy atom. The van der Waals surface area contributed by atoms with Gasteiger partial charge in [-0.05, 0) is 30.0 Å². The van der Waals surface area contributed by atoms with Gasteiger partial charge in [-0.2, -0.15) is 0 Å². The zero-order chi connectivity index (χ0) is 16.1. The predicted molar refractivity (Wildman–Crippen MR) is 86.4 cm³/mol. The quantitative estimate of drug-likeness (QED) is 0.907. The van der Waals surface area contributed by atoms with Gasteiger partial charge < -0.3 is 10.6 Å². The summed E-state index contributed by atoms with van der Waals surface area (Å²) in [5.41, 5.74) is 1.89. The number of hydrogen-bond acceptors (Lipinski definition) is 3. The third kappa shape index (κ3) is 3.74. The largest absolute Gasteiger partial charge is 0.344 e. The van der Waals surface area contributed by atoms with E-state index in [9.17, 15) is 9.59 Å². The maximum Gasteiger partial charge on any atom is 0.243 e. The van der Waals surface area contributed by atoms with Gasteiger partial charge in [0.15, 0.2) is 0 Å². The Hall–Kier alpha value is -2.69. The predicted octanol–water partition coefficient (Wildman–Crippen LogP) is 1.96. The minimum Gasteiger partial charge on any atom is -0.344 e. The van der Waals surface area contributed by atoms with E-state index in [0.717, 1.165) is 17.5 Å². The number of hydrogen-bond donors (Lipinski definition) is 2. The highest BCUT2D eigenvalue weighted by Crippen LogP contribution is 2.21. The monoisotopic (exact) mass is 309 g/mol. The second kappa shape index (κ2) is 7.05. The highest BCUT2D eigenvalue weighted by molar-refractivity contribution is 5.89. The van der Waals surface area contributed by atoms with Crippen molar-refractivity contribution in [3.05, 3.63) is 66.0 Å². The van der Waals surface area contributed by atoms with Crippen molar-refractivity contribution in [2.75, 3.05) is 0 Å². The molecule has 23 heavy (non-hydrogen) atoms. The Labute approximate surface area is 135 Å². The second-order valence-corrected chi connectivity index (χ2v) is 5.65. The van der Waals surface area contributed by atoms with E-state index in [1.807, 2.05) is 42.5 Å². The molecule has 2 amide bonds. The number of nitrogens with zero attached hydrogens (tertiary/aromatic N) is 1. The Bertz CT molecular complexity index is 634. The maximum absolute atomic E-state index is 12.6. The molecule has 2 aromatic rings. The summed E-state index contributed by atoms with van der Waals surface area (Å²) in [5.74, 6) is -0.218. The number of rotatable bonds is 4. The number of nitrogens with one attached hydrogen (secondary N) is 2. The Morgan fingerprint density at radius 1 is 1.17 bits per heavy atom. The molecule has 0 bridgehead atoms. The minimum absolute atomic E-state index is 0.0611. The summed E-state index contributed by atoms with van der Waals surface area (Å²) in [7, 11) is 0. The van der Waals surface area contributed by atoms with Crippen molar-refractivity contribution in [3.63, 3.8) is 0 Å². The molecule has 118 valence electrons. The lowest BCUT2D eigenvalue weighted by Crippen LogP contribution is -2.49. The highest BCUT2D eigenvalue weighted by Gasteiger charge is 2.27. The fourth-order valence-corrected chi connectivity index (χ4v) is 2.80. The van der Waals surface area contributed by atoms with E-state index in [4.69, 9.17) is 0 Å². The van der Waals surface area contributed by atoms with Gasteiger partial charge in [0.25, 0.3) is 0 Å². The van der Waals surface area contributed by atoms with E-state index in [1.165, 1.54) is 0 Å². The van der Waals surface area contributed by atoms with Crippen LogP contribution in [0.3, 0.4) is 0 Å². The molecule has 2 N–H and O–H groups in total. The molecule has 1 unspecified atom stereocenters. The van der Waals surface area contributed by atoms with E-state index >= 15 is 0 Å². The van der Waals surface area contributed by atoms with Crippen molar-refractivity contribution in [1.82, 2.24) is 15.6 Å². The van der Waals surface area contributed by atoms with Gasteiger partial charge in [0.05, 0.1) is 6.04 Å². The maximum atomic E-state index is 12.6. The van der Waals surface area contributed by atoms with Crippen LogP contribution in [0.4, 0.5) is 0 Å². The Balaban J connectivity index is 1.82. The van der Waals surface area contributed by atoms with Crippen LogP contribution < -0.4 is 10.6 Å². The number of carbonyl (C=O) groups excluding carboxylic acids is 2. The molecule has 1 aromatic heterocycles. The van der Waals surface area contributed by atoms with Gasteiger partial charge in [-0.1, -0.05) is 36.4 Å². The molecule has 0 aliphatic carbocycles. The molecule has 3 rings (SSSR count). The Morgan fingerprint density at radius 2 is 1.96 bits per heavy atom. The van der Waals surface area contributed by atoms with Crippen molar-refractivity contribution in [1.29, 1.82) is 0 Å². The Kier molecular flexibility index (Phi) is 4.66. The van der Waals surface area contributed by atoms with Crippen molar-refractivity contribution in [3.8, 4) is 0 Å². The first-order valence-corrected chi connectivity index (χ1v) is 7.78. The van der Waals surface area contributed by atoms with Crippen LogP contribution >= 0.6 is 0 Å². The third-order valence-electron chi connectivity index (χ3n) is 3.99. The molecular weight excluding hydrogens is 290 g/mol. The average Bonchev–Trinajstić information content (AvgIpc) is 2.61. The van der Waals surface area contributed by atoms with Crippen molar-refractivity contribution in [2.45, 2.75) is 31.3 Å². The lowest BCUT2D eigenvalue weighted by atomic mass is 9.98. The molecular formula is C18H19N3O2. The first-order valence-electron chi connectivity index (χ1n) is 7.78. The first kappa shape index (κ1) is 15.2. The van der Waals surface area contributed by atoms with Crippen LogP contribution in [0.1, 0.15) is 36.4 Å². The first-order chi connectivity index (χ1) is 11.2. The number of piperidine rings is 1. The van der Waals surface area contributed by atoms with Gasteiger partial charge >= 0.3 is 0 Å². The van der Waals surface area contributed by atoms with Gasteiger partial charge in [-0.15, -0.1) is 0 Å². The summed E-state index contributed by atoms with van der Waals surface area (Å²) >= 11 is 0. The standard InChI is InChI=1S/C18H19N3O2/c22-16-10-4-9-15(20-16)18(23)21-17(13-6-2-1-3-7-13)14-8-5-11-19-12-14/h1-3,5-8,11-12,15,17H,4,9-10H2,(H,20,22)(H,21,23)/t15-,17?/m1/s1. The van der Waals surface area contributed by atoms with Crippen LogP contribution in [0, 0.1) is 0 Å². The van der Waals surface area contributed by atoms with Gasteiger partial charge in [-0.25, -0.2) is 0 Å². The summed E-state index contributed by atoms with van der Waals surface area (Å²) < 4.78 is 0. The highest BCUT2D eigenvalue weighted by atomic mass is 16.2. The van der Waals surface area contributed by atoms with E-state index in [0.29, 0.717) is 12.8 Å². The fraction of sp³-hybridized carbons (Fsp3) is 0.278. The zero-order valence-corrected chi connectivity index (χ0v) is 12.7. The van der Waals surface area contributed by atoms with E-state index in [-0.39, 0.29) is 17.9 Å². The minimum atomic E-state index is -0.459. The van der Waals surface area contributed by atoms with Crippen molar-refractivity contribution >= 4 is 11.8 Å². The topological polar surface area (TPSA) is 71.1 Å². The number of pyridine rings is 1. The normalized spacial score (nSPS) is 18.8. The number of amides is 2. The van der Waals surface area contributed by atoms with Crippen LogP contribution in [0.5, 0.6) is 0 Å². The van der Waals surface area contributed by atoms with Crippen molar-refractivity contribution in [2.24, 2.45) is 0 Å². The van der Waals surface area contributed by atoms with Crippen molar-refractivity contribution < 1.29 is 9.59 Å². The van der Waals surface area contributed by atoms with Crippen LogP contribution in [0.25, 0.3) is 0 Å². The van der Waals surface area contributed by atoms with E-state index in [2.05, 4.69) is 15.6 Å². The number of benzene rings is 1. The lowest BCUT2D eigenvalue weighted by molar-refractivity contribution is -0.131. The fourth-order valence-electron chi connectivity index (χ4n) is 2.80. The lowest BCUT2D eigenvalue weighted by Gasteiger charge is -2.26. The van der Waals surface area contributed by atoms with Crippen LogP contribution in [0.15, 0.2) is 54.9 Å². The van der Waals surface area contributed by atoms with Crippen LogP contribution in [-0.4, -0.2) is 22.8 Å². The summed E-state index contributed by atoms with van der Waals surface area (Å²) in [6, 6.07) is 12.8. The molecule has 5 nitrogen and oxygen atoms in total.